The van der Waals surface area contributed by atoms with Crippen LogP contribution in [0.2, 0.25) is 0 Å². The Bertz CT molecular complexity index is 996. The summed E-state index contributed by atoms with van der Waals surface area (Å²) in [6.07, 6.45) is -1.97. The first-order valence-corrected chi connectivity index (χ1v) is 12.1. The maximum Gasteiger partial charge on any atom is 0.255 e. The first-order chi connectivity index (χ1) is 17.0. The molecule has 0 aromatic heterocycles. The fourth-order valence-corrected chi connectivity index (χ4v) is 4.77. The monoisotopic (exact) mass is 482 g/mol. The Kier molecular flexibility index (Phi) is 8.22. The summed E-state index contributed by atoms with van der Waals surface area (Å²) >= 11 is 0. The number of aliphatic hydroxyl groups excluding tert-OH is 2. The van der Waals surface area contributed by atoms with Gasteiger partial charge in [-0.3, -0.25) is 9.59 Å². The molecule has 188 valence electrons. The molecule has 2 heterocycles. The van der Waals surface area contributed by atoms with Crippen LogP contribution in [0.3, 0.4) is 0 Å². The molecule has 3 atom stereocenters. The molecule has 5 N–H and O–H groups in total. The molecule has 9 nitrogen and oxygen atoms in total. The van der Waals surface area contributed by atoms with Crippen molar-refractivity contribution in [1.82, 2.24) is 10.2 Å². The van der Waals surface area contributed by atoms with E-state index in [0.29, 0.717) is 13.2 Å². The molecule has 0 saturated carbocycles. The number of anilines is 2. The Balaban J connectivity index is 1.27. The summed E-state index contributed by atoms with van der Waals surface area (Å²) in [5.41, 5.74) is 8.71. The number of benzene rings is 2. The number of hydrogen-bond acceptors (Lipinski definition) is 7. The minimum atomic E-state index is -1.85. The molecule has 4 rings (SSSR count). The summed E-state index contributed by atoms with van der Waals surface area (Å²) in [6.45, 7) is 2.90. The summed E-state index contributed by atoms with van der Waals surface area (Å²) in [6, 6.07) is 16.7. The zero-order valence-electron chi connectivity index (χ0n) is 19.8. The van der Waals surface area contributed by atoms with Crippen molar-refractivity contribution in [3.63, 3.8) is 0 Å². The van der Waals surface area contributed by atoms with Crippen LogP contribution >= 0.6 is 0 Å². The minimum absolute atomic E-state index is 0.238. The van der Waals surface area contributed by atoms with Crippen LogP contribution < -0.4 is 16.0 Å². The highest BCUT2D eigenvalue weighted by molar-refractivity contribution is 5.91. The van der Waals surface area contributed by atoms with E-state index in [0.717, 1.165) is 42.9 Å². The van der Waals surface area contributed by atoms with Crippen LogP contribution in [0, 0.1) is 5.92 Å². The average molecular weight is 483 g/mol. The van der Waals surface area contributed by atoms with Crippen LogP contribution in [0.15, 0.2) is 54.6 Å². The van der Waals surface area contributed by atoms with Crippen LogP contribution in [0.4, 0.5) is 11.4 Å². The van der Waals surface area contributed by atoms with Crippen molar-refractivity contribution >= 4 is 23.2 Å². The van der Waals surface area contributed by atoms with Crippen molar-refractivity contribution in [2.24, 2.45) is 5.92 Å². The number of nitrogens with one attached hydrogen (secondary N) is 1. The van der Waals surface area contributed by atoms with Gasteiger partial charge in [0.25, 0.3) is 11.8 Å². The number of ether oxygens (including phenoxy) is 1. The lowest BCUT2D eigenvalue weighted by Gasteiger charge is -2.37. The number of carbonyl (C=O) groups excluding carboxylic acids is 2. The first kappa shape index (κ1) is 25.0. The summed E-state index contributed by atoms with van der Waals surface area (Å²) in [5.74, 6) is -1.19. The number of nitrogens with zero attached hydrogens (tertiary/aromatic N) is 2. The number of nitrogens with two attached hydrogens (primary N) is 1. The molecule has 2 aliphatic heterocycles. The molecule has 9 heteroatoms. The van der Waals surface area contributed by atoms with Gasteiger partial charge in [0, 0.05) is 26.2 Å². The largest absolute Gasteiger partial charge is 0.397 e. The van der Waals surface area contributed by atoms with Gasteiger partial charge in [-0.15, -0.1) is 0 Å². The van der Waals surface area contributed by atoms with Crippen LogP contribution in [-0.4, -0.2) is 78.5 Å². The second-order valence-corrected chi connectivity index (χ2v) is 9.16. The lowest BCUT2D eigenvalue weighted by Crippen LogP contribution is -2.54. The Morgan fingerprint density at radius 1 is 1.00 bits per heavy atom. The van der Waals surface area contributed by atoms with E-state index in [-0.39, 0.29) is 25.1 Å². The molecular weight excluding hydrogens is 448 g/mol. The van der Waals surface area contributed by atoms with Crippen molar-refractivity contribution in [3.8, 4) is 0 Å². The van der Waals surface area contributed by atoms with E-state index in [4.69, 9.17) is 10.5 Å². The maximum absolute atomic E-state index is 13.0. The van der Waals surface area contributed by atoms with Gasteiger partial charge in [-0.2, -0.15) is 0 Å². The molecule has 0 radical (unpaired) electrons. The fraction of sp³-hybridized carbons (Fsp3) is 0.462. The number of carbonyl (C=O) groups is 2. The third-order valence-corrected chi connectivity index (χ3v) is 6.87. The number of amides is 2. The smallest absolute Gasteiger partial charge is 0.255 e. The Morgan fingerprint density at radius 2 is 1.69 bits per heavy atom. The van der Waals surface area contributed by atoms with Gasteiger partial charge in [0.15, 0.2) is 12.2 Å². The van der Waals surface area contributed by atoms with E-state index in [9.17, 15) is 19.8 Å². The Labute approximate surface area is 205 Å². The summed E-state index contributed by atoms with van der Waals surface area (Å²) < 4.78 is 5.52. The number of piperidine rings is 1. The van der Waals surface area contributed by atoms with E-state index in [1.807, 2.05) is 54.6 Å². The third-order valence-electron chi connectivity index (χ3n) is 6.87. The third kappa shape index (κ3) is 5.93. The molecule has 2 aromatic carbocycles. The predicted octanol–water partition coefficient (Wildman–Crippen LogP) is 0.923. The lowest BCUT2D eigenvalue weighted by atomic mass is 9.96. The van der Waals surface area contributed by atoms with Crippen LogP contribution in [0.5, 0.6) is 0 Å². The van der Waals surface area contributed by atoms with Gasteiger partial charge in [-0.25, -0.2) is 0 Å². The topological polar surface area (TPSA) is 128 Å². The van der Waals surface area contributed by atoms with E-state index in [2.05, 4.69) is 10.2 Å². The van der Waals surface area contributed by atoms with Crippen molar-refractivity contribution in [2.45, 2.75) is 31.1 Å². The number of aliphatic hydroxyl groups is 2. The summed E-state index contributed by atoms with van der Waals surface area (Å²) in [7, 11) is 0. The highest BCUT2D eigenvalue weighted by atomic mass is 16.5. The van der Waals surface area contributed by atoms with Crippen LogP contribution in [0.25, 0.3) is 0 Å². The SMILES string of the molecule is Nc1ccccc1N1CCC(CNC(=O)[C@H](O)[C@@H](O)C(=O)N2CCOCC2c2ccccc2)CC1. The van der Waals surface area contributed by atoms with Crippen LogP contribution in [0.1, 0.15) is 24.4 Å². The molecule has 2 aliphatic rings. The van der Waals surface area contributed by atoms with Crippen molar-refractivity contribution in [2.75, 3.05) is 50.0 Å². The standard InChI is InChI=1S/C26H34N4O5/c27-20-8-4-5-9-21(20)29-12-10-18(11-13-29)16-28-25(33)23(31)24(32)26(34)30-14-15-35-17-22(30)19-6-2-1-3-7-19/h1-9,18,22-24,31-32H,10-17,27H2,(H,28,33)/t22?,23-,24-/m1/s1. The summed E-state index contributed by atoms with van der Waals surface area (Å²) in [4.78, 5) is 29.3. The summed E-state index contributed by atoms with van der Waals surface area (Å²) in [5, 5.41) is 23.7. The highest BCUT2D eigenvalue weighted by Gasteiger charge is 2.38. The number of morpholine rings is 1. The van der Waals surface area contributed by atoms with E-state index < -0.39 is 24.0 Å². The first-order valence-electron chi connectivity index (χ1n) is 12.1. The number of hydrogen-bond donors (Lipinski definition) is 4. The molecule has 2 amide bonds. The minimum Gasteiger partial charge on any atom is -0.397 e. The lowest BCUT2D eigenvalue weighted by molar-refractivity contribution is -0.159. The Morgan fingerprint density at radius 3 is 2.40 bits per heavy atom. The molecule has 1 unspecified atom stereocenters. The van der Waals surface area contributed by atoms with Gasteiger partial charge in [0.2, 0.25) is 0 Å². The fourth-order valence-electron chi connectivity index (χ4n) is 4.77. The van der Waals surface area contributed by atoms with Gasteiger partial charge < -0.3 is 35.8 Å². The van der Waals surface area contributed by atoms with E-state index in [1.165, 1.54) is 4.90 Å². The zero-order chi connectivity index (χ0) is 24.8. The Hall–Kier alpha value is -3.14. The molecule has 0 spiro atoms. The van der Waals surface area contributed by atoms with E-state index in [1.54, 1.807) is 0 Å². The molecule has 0 aliphatic carbocycles. The zero-order valence-corrected chi connectivity index (χ0v) is 19.8. The molecule has 2 aromatic rings. The average Bonchev–Trinajstić information content (AvgIpc) is 2.91. The van der Waals surface area contributed by atoms with Gasteiger partial charge in [-0.1, -0.05) is 42.5 Å². The van der Waals surface area contributed by atoms with Gasteiger partial charge in [0.1, 0.15) is 0 Å². The predicted molar refractivity (Wildman–Crippen MR) is 133 cm³/mol. The number of rotatable bonds is 7. The quantitative estimate of drug-likeness (QED) is 0.432. The van der Waals surface area contributed by atoms with Gasteiger partial charge >= 0.3 is 0 Å². The van der Waals surface area contributed by atoms with Gasteiger partial charge in [-0.05, 0) is 36.5 Å². The van der Waals surface area contributed by atoms with E-state index >= 15 is 0 Å². The van der Waals surface area contributed by atoms with Gasteiger partial charge in [0.05, 0.1) is 30.6 Å². The van der Waals surface area contributed by atoms with Crippen molar-refractivity contribution in [3.05, 3.63) is 60.2 Å². The van der Waals surface area contributed by atoms with Crippen molar-refractivity contribution in [1.29, 1.82) is 0 Å². The molecule has 2 saturated heterocycles. The molecule has 35 heavy (non-hydrogen) atoms. The maximum atomic E-state index is 13.0. The van der Waals surface area contributed by atoms with Crippen molar-refractivity contribution < 1.29 is 24.5 Å². The number of para-hydroxylation sites is 2. The second kappa shape index (κ2) is 11.5. The molecule has 2 fully saturated rings. The normalized spacial score (nSPS) is 20.8. The molecule has 0 bridgehead atoms. The molecular formula is C26H34N4O5. The highest BCUT2D eigenvalue weighted by Crippen LogP contribution is 2.28. The van der Waals surface area contributed by atoms with Crippen LogP contribution in [-0.2, 0) is 14.3 Å². The number of nitrogen functional groups attached to an aromatic ring is 1. The second-order valence-electron chi connectivity index (χ2n) is 9.16.